The van der Waals surface area contributed by atoms with Gasteiger partial charge in [0.25, 0.3) is 0 Å². The zero-order valence-electron chi connectivity index (χ0n) is 9.87. The third-order valence-corrected chi connectivity index (χ3v) is 2.31. The fourth-order valence-corrected chi connectivity index (χ4v) is 1.34. The zero-order chi connectivity index (χ0) is 12.8. The molecule has 0 spiro atoms. The number of rotatable bonds is 5. The number of ether oxygens (including phenoxy) is 1. The number of aliphatic carboxylic acids is 1. The summed E-state index contributed by atoms with van der Waals surface area (Å²) >= 11 is 0. The van der Waals surface area contributed by atoms with E-state index in [1.165, 1.54) is 12.1 Å². The molecule has 0 fully saturated rings. The van der Waals surface area contributed by atoms with Gasteiger partial charge < -0.3 is 9.84 Å². The highest BCUT2D eigenvalue weighted by Gasteiger charge is 2.05. The van der Waals surface area contributed by atoms with E-state index in [1.54, 1.807) is 19.1 Å². The minimum Gasteiger partial charge on any atom is -0.486 e. The number of halogens is 1. The molecule has 92 valence electrons. The SMILES string of the molecule is CCC(=CCOc1cc(C)ccc1F)C(=O)O. The van der Waals surface area contributed by atoms with Crippen molar-refractivity contribution in [3.63, 3.8) is 0 Å². The first-order valence-electron chi connectivity index (χ1n) is 5.36. The standard InChI is InChI=1S/C13H15FO3/c1-3-10(13(15)16)6-7-17-12-8-9(2)4-5-11(12)14/h4-6,8H,3,7H2,1-2H3,(H,15,16). The van der Waals surface area contributed by atoms with Gasteiger partial charge in [0.2, 0.25) is 0 Å². The highest BCUT2D eigenvalue weighted by atomic mass is 19.1. The molecule has 0 bridgehead atoms. The minimum atomic E-state index is -0.971. The van der Waals surface area contributed by atoms with Gasteiger partial charge in [-0.05, 0) is 37.1 Å². The van der Waals surface area contributed by atoms with E-state index >= 15 is 0 Å². The molecular weight excluding hydrogens is 223 g/mol. The second-order valence-electron chi connectivity index (χ2n) is 3.63. The molecule has 1 aromatic rings. The van der Waals surface area contributed by atoms with E-state index in [-0.39, 0.29) is 17.9 Å². The van der Waals surface area contributed by atoms with E-state index in [0.29, 0.717) is 6.42 Å². The van der Waals surface area contributed by atoms with Crippen LogP contribution in [0, 0.1) is 12.7 Å². The van der Waals surface area contributed by atoms with E-state index in [9.17, 15) is 9.18 Å². The van der Waals surface area contributed by atoms with Crippen molar-refractivity contribution >= 4 is 5.97 Å². The molecule has 0 saturated heterocycles. The van der Waals surface area contributed by atoms with Crippen molar-refractivity contribution in [1.29, 1.82) is 0 Å². The summed E-state index contributed by atoms with van der Waals surface area (Å²) in [4.78, 5) is 10.7. The van der Waals surface area contributed by atoms with Gasteiger partial charge in [-0.3, -0.25) is 0 Å². The van der Waals surface area contributed by atoms with Crippen molar-refractivity contribution < 1.29 is 19.0 Å². The summed E-state index contributed by atoms with van der Waals surface area (Å²) in [6.07, 6.45) is 1.86. The van der Waals surface area contributed by atoms with Crippen LogP contribution in [0.4, 0.5) is 4.39 Å². The molecule has 17 heavy (non-hydrogen) atoms. The topological polar surface area (TPSA) is 46.5 Å². The van der Waals surface area contributed by atoms with Crippen LogP contribution in [-0.4, -0.2) is 17.7 Å². The predicted molar refractivity (Wildman–Crippen MR) is 62.6 cm³/mol. The normalized spacial score (nSPS) is 11.4. The molecule has 1 aromatic carbocycles. The van der Waals surface area contributed by atoms with Crippen LogP contribution < -0.4 is 4.74 Å². The summed E-state index contributed by atoms with van der Waals surface area (Å²) in [7, 11) is 0. The average Bonchev–Trinajstić information content (AvgIpc) is 2.28. The third-order valence-electron chi connectivity index (χ3n) is 2.31. The lowest BCUT2D eigenvalue weighted by Crippen LogP contribution is -2.03. The molecule has 0 aliphatic heterocycles. The first kappa shape index (κ1) is 13.2. The van der Waals surface area contributed by atoms with Gasteiger partial charge in [-0.1, -0.05) is 13.0 Å². The van der Waals surface area contributed by atoms with Crippen LogP contribution >= 0.6 is 0 Å². The lowest BCUT2D eigenvalue weighted by atomic mass is 10.2. The molecule has 0 radical (unpaired) electrons. The molecule has 4 heteroatoms. The molecule has 0 aliphatic rings. The number of carboxylic acids is 1. The Kier molecular flexibility index (Phi) is 4.69. The number of benzene rings is 1. The largest absolute Gasteiger partial charge is 0.486 e. The molecular formula is C13H15FO3. The monoisotopic (exact) mass is 238 g/mol. The van der Waals surface area contributed by atoms with Gasteiger partial charge in [-0.25, -0.2) is 9.18 Å². The van der Waals surface area contributed by atoms with Gasteiger partial charge in [0.15, 0.2) is 11.6 Å². The summed E-state index contributed by atoms with van der Waals surface area (Å²) in [5, 5.41) is 8.77. The van der Waals surface area contributed by atoms with Crippen LogP contribution in [0.1, 0.15) is 18.9 Å². The summed E-state index contributed by atoms with van der Waals surface area (Å²) in [6.45, 7) is 3.62. The Balaban J connectivity index is 2.67. The number of hydrogen-bond acceptors (Lipinski definition) is 2. The molecule has 0 atom stereocenters. The van der Waals surface area contributed by atoms with Gasteiger partial charge >= 0.3 is 5.97 Å². The molecule has 0 heterocycles. The van der Waals surface area contributed by atoms with E-state index in [4.69, 9.17) is 9.84 Å². The average molecular weight is 238 g/mol. The molecule has 0 saturated carbocycles. The van der Waals surface area contributed by atoms with Crippen molar-refractivity contribution in [1.82, 2.24) is 0 Å². The maximum atomic E-state index is 13.3. The molecule has 1 rings (SSSR count). The lowest BCUT2D eigenvalue weighted by molar-refractivity contribution is -0.132. The molecule has 0 aromatic heterocycles. The lowest BCUT2D eigenvalue weighted by Gasteiger charge is -2.06. The molecule has 1 N–H and O–H groups in total. The Bertz CT molecular complexity index is 438. The fraction of sp³-hybridized carbons (Fsp3) is 0.308. The Morgan fingerprint density at radius 2 is 2.24 bits per heavy atom. The summed E-state index contributed by atoms with van der Waals surface area (Å²) < 4.78 is 18.5. The fourth-order valence-electron chi connectivity index (χ4n) is 1.34. The Hall–Kier alpha value is -1.84. The Morgan fingerprint density at radius 1 is 1.53 bits per heavy atom. The molecule has 0 amide bonds. The van der Waals surface area contributed by atoms with E-state index in [0.717, 1.165) is 5.56 Å². The van der Waals surface area contributed by atoms with Gasteiger partial charge in [0.1, 0.15) is 6.61 Å². The second-order valence-corrected chi connectivity index (χ2v) is 3.63. The highest BCUT2D eigenvalue weighted by molar-refractivity contribution is 5.86. The maximum absolute atomic E-state index is 13.3. The van der Waals surface area contributed by atoms with Crippen molar-refractivity contribution in [3.8, 4) is 5.75 Å². The van der Waals surface area contributed by atoms with Crippen molar-refractivity contribution in [2.75, 3.05) is 6.61 Å². The minimum absolute atomic E-state index is 0.0514. The summed E-state index contributed by atoms with van der Waals surface area (Å²) in [5.41, 5.74) is 1.15. The summed E-state index contributed by atoms with van der Waals surface area (Å²) in [5.74, 6) is -1.28. The highest BCUT2D eigenvalue weighted by Crippen LogP contribution is 2.18. The number of aryl methyl sites for hydroxylation is 1. The molecule has 3 nitrogen and oxygen atoms in total. The Morgan fingerprint density at radius 3 is 2.82 bits per heavy atom. The second kappa shape index (κ2) is 6.03. The van der Waals surface area contributed by atoms with Crippen LogP contribution in [0.15, 0.2) is 29.8 Å². The third kappa shape index (κ3) is 3.90. The van der Waals surface area contributed by atoms with Gasteiger partial charge in [0, 0.05) is 5.57 Å². The van der Waals surface area contributed by atoms with E-state index in [1.807, 2.05) is 6.92 Å². The smallest absolute Gasteiger partial charge is 0.331 e. The van der Waals surface area contributed by atoms with Crippen molar-refractivity contribution in [2.24, 2.45) is 0 Å². The van der Waals surface area contributed by atoms with Gasteiger partial charge in [-0.2, -0.15) is 0 Å². The van der Waals surface area contributed by atoms with E-state index in [2.05, 4.69) is 0 Å². The van der Waals surface area contributed by atoms with Crippen LogP contribution in [0.25, 0.3) is 0 Å². The molecule has 0 aliphatic carbocycles. The zero-order valence-corrected chi connectivity index (χ0v) is 9.87. The number of hydrogen-bond donors (Lipinski definition) is 1. The number of carbonyl (C=O) groups is 1. The first-order valence-corrected chi connectivity index (χ1v) is 5.36. The molecule has 0 unspecified atom stereocenters. The van der Waals surface area contributed by atoms with Crippen LogP contribution in [0.3, 0.4) is 0 Å². The summed E-state index contributed by atoms with van der Waals surface area (Å²) in [6, 6.07) is 4.55. The van der Waals surface area contributed by atoms with Gasteiger partial charge in [0.05, 0.1) is 0 Å². The van der Waals surface area contributed by atoms with Crippen LogP contribution in [0.5, 0.6) is 5.75 Å². The predicted octanol–water partition coefficient (Wildman–Crippen LogP) is 2.93. The van der Waals surface area contributed by atoms with Crippen molar-refractivity contribution in [2.45, 2.75) is 20.3 Å². The quantitative estimate of drug-likeness (QED) is 0.802. The van der Waals surface area contributed by atoms with Crippen LogP contribution in [-0.2, 0) is 4.79 Å². The van der Waals surface area contributed by atoms with Crippen LogP contribution in [0.2, 0.25) is 0 Å². The maximum Gasteiger partial charge on any atom is 0.331 e. The van der Waals surface area contributed by atoms with Crippen molar-refractivity contribution in [3.05, 3.63) is 41.2 Å². The number of carboxylic acid groups (broad SMARTS) is 1. The van der Waals surface area contributed by atoms with E-state index < -0.39 is 11.8 Å². The Labute approximate surface area is 99.5 Å². The van der Waals surface area contributed by atoms with Gasteiger partial charge in [-0.15, -0.1) is 0 Å². The first-order chi connectivity index (χ1) is 8.04.